The van der Waals surface area contributed by atoms with E-state index in [9.17, 15) is 4.79 Å². The summed E-state index contributed by atoms with van der Waals surface area (Å²) in [6.07, 6.45) is 2.15. The summed E-state index contributed by atoms with van der Waals surface area (Å²) in [6.45, 7) is 4.12. The number of imidazole rings is 1. The minimum atomic E-state index is -0.0972. The van der Waals surface area contributed by atoms with E-state index < -0.39 is 0 Å². The highest BCUT2D eigenvalue weighted by Gasteiger charge is 2.09. The molecule has 1 heterocycles. The molecule has 2 aromatic carbocycles. The summed E-state index contributed by atoms with van der Waals surface area (Å²) >= 11 is 0. The maximum atomic E-state index is 12.4. The Balaban J connectivity index is 1.79. The van der Waals surface area contributed by atoms with Crippen molar-refractivity contribution < 1.29 is 4.79 Å². The lowest BCUT2D eigenvalue weighted by Crippen LogP contribution is -2.11. The minimum Gasteiger partial charge on any atom is -0.331 e. The second kappa shape index (κ2) is 6.24. The maximum absolute atomic E-state index is 12.4. The topological polar surface area (TPSA) is 46.9 Å². The standard InChI is InChI=1S/C19H21N3O/c1-4-5-14-6-8-15(9-7-14)19(23)21-16-10-11-18-17(12-16)20-13(2)22(18)3/h6-12H,4-5H2,1-3H3,(H,21,23). The molecule has 0 aliphatic rings. The third-order valence-electron chi connectivity index (χ3n) is 4.12. The lowest BCUT2D eigenvalue weighted by molar-refractivity contribution is 0.102. The Morgan fingerprint density at radius 3 is 2.61 bits per heavy atom. The second-order valence-electron chi connectivity index (χ2n) is 5.82. The zero-order valence-electron chi connectivity index (χ0n) is 13.8. The van der Waals surface area contributed by atoms with Crippen molar-refractivity contribution in [2.45, 2.75) is 26.7 Å². The van der Waals surface area contributed by atoms with E-state index in [1.54, 1.807) is 0 Å². The molecule has 23 heavy (non-hydrogen) atoms. The van der Waals surface area contributed by atoms with Gasteiger partial charge in [0, 0.05) is 18.3 Å². The van der Waals surface area contributed by atoms with Crippen LogP contribution in [-0.2, 0) is 13.5 Å². The van der Waals surface area contributed by atoms with Crippen LogP contribution in [-0.4, -0.2) is 15.5 Å². The molecule has 0 saturated carbocycles. The van der Waals surface area contributed by atoms with Crippen LogP contribution in [0.5, 0.6) is 0 Å². The molecule has 0 fully saturated rings. The van der Waals surface area contributed by atoms with E-state index in [1.165, 1.54) is 5.56 Å². The van der Waals surface area contributed by atoms with Crippen molar-refractivity contribution in [2.75, 3.05) is 5.32 Å². The van der Waals surface area contributed by atoms with Crippen LogP contribution in [0.15, 0.2) is 42.5 Å². The van der Waals surface area contributed by atoms with E-state index >= 15 is 0 Å². The number of benzene rings is 2. The molecule has 0 aliphatic heterocycles. The average Bonchev–Trinajstić information content (AvgIpc) is 2.82. The molecule has 0 unspecified atom stereocenters. The SMILES string of the molecule is CCCc1ccc(C(=O)Nc2ccc3c(c2)nc(C)n3C)cc1. The lowest BCUT2D eigenvalue weighted by Gasteiger charge is -2.06. The van der Waals surface area contributed by atoms with Crippen molar-refractivity contribution in [3.8, 4) is 0 Å². The van der Waals surface area contributed by atoms with Crippen molar-refractivity contribution >= 4 is 22.6 Å². The molecule has 0 aliphatic carbocycles. The first-order valence-corrected chi connectivity index (χ1v) is 7.92. The van der Waals surface area contributed by atoms with Crippen LogP contribution in [0.4, 0.5) is 5.69 Å². The molecule has 1 aromatic heterocycles. The summed E-state index contributed by atoms with van der Waals surface area (Å²) < 4.78 is 2.04. The molecule has 0 spiro atoms. The number of amides is 1. The molecule has 4 nitrogen and oxygen atoms in total. The number of anilines is 1. The zero-order valence-corrected chi connectivity index (χ0v) is 13.8. The van der Waals surface area contributed by atoms with Crippen molar-refractivity contribution in [3.05, 3.63) is 59.4 Å². The summed E-state index contributed by atoms with van der Waals surface area (Å²) in [4.78, 5) is 16.9. The van der Waals surface area contributed by atoms with E-state index in [-0.39, 0.29) is 5.91 Å². The summed E-state index contributed by atoms with van der Waals surface area (Å²) in [5.41, 5.74) is 4.64. The summed E-state index contributed by atoms with van der Waals surface area (Å²) in [7, 11) is 1.99. The largest absolute Gasteiger partial charge is 0.331 e. The fourth-order valence-electron chi connectivity index (χ4n) is 2.71. The van der Waals surface area contributed by atoms with Gasteiger partial charge in [0.2, 0.25) is 0 Å². The molecule has 3 aromatic rings. The number of rotatable bonds is 4. The van der Waals surface area contributed by atoms with Gasteiger partial charge in [0.1, 0.15) is 5.82 Å². The van der Waals surface area contributed by atoms with Gasteiger partial charge in [0.25, 0.3) is 5.91 Å². The number of nitrogens with one attached hydrogen (secondary N) is 1. The van der Waals surface area contributed by atoms with E-state index in [1.807, 2.05) is 61.0 Å². The zero-order chi connectivity index (χ0) is 16.4. The Morgan fingerprint density at radius 2 is 1.91 bits per heavy atom. The average molecular weight is 307 g/mol. The summed E-state index contributed by atoms with van der Waals surface area (Å²) in [6, 6.07) is 13.6. The van der Waals surface area contributed by atoms with Gasteiger partial charge >= 0.3 is 0 Å². The normalized spacial score (nSPS) is 10.9. The fourth-order valence-corrected chi connectivity index (χ4v) is 2.71. The van der Waals surface area contributed by atoms with Crippen LogP contribution in [0.1, 0.15) is 35.1 Å². The van der Waals surface area contributed by atoms with Gasteiger partial charge in [0.05, 0.1) is 11.0 Å². The molecular formula is C19H21N3O. The van der Waals surface area contributed by atoms with Gasteiger partial charge in [-0.1, -0.05) is 25.5 Å². The number of carbonyl (C=O) groups is 1. The molecule has 0 radical (unpaired) electrons. The third kappa shape index (κ3) is 3.11. The minimum absolute atomic E-state index is 0.0972. The Morgan fingerprint density at radius 1 is 1.17 bits per heavy atom. The summed E-state index contributed by atoms with van der Waals surface area (Å²) in [5, 5.41) is 2.94. The first kappa shape index (κ1) is 15.3. The molecule has 4 heteroatoms. The number of aryl methyl sites for hydroxylation is 3. The molecule has 1 amide bonds. The third-order valence-corrected chi connectivity index (χ3v) is 4.12. The molecule has 118 valence electrons. The quantitative estimate of drug-likeness (QED) is 0.789. The Kier molecular flexibility index (Phi) is 4.15. The number of hydrogen-bond acceptors (Lipinski definition) is 2. The van der Waals surface area contributed by atoms with Crippen LogP contribution < -0.4 is 5.32 Å². The molecule has 3 rings (SSSR count). The summed E-state index contributed by atoms with van der Waals surface area (Å²) in [5.74, 6) is 0.857. The molecular weight excluding hydrogens is 286 g/mol. The van der Waals surface area contributed by atoms with Crippen LogP contribution >= 0.6 is 0 Å². The Hall–Kier alpha value is -2.62. The van der Waals surface area contributed by atoms with Crippen LogP contribution in [0.25, 0.3) is 11.0 Å². The predicted molar refractivity (Wildman–Crippen MR) is 93.8 cm³/mol. The van der Waals surface area contributed by atoms with E-state index in [2.05, 4.69) is 17.2 Å². The van der Waals surface area contributed by atoms with Crippen molar-refractivity contribution in [1.82, 2.24) is 9.55 Å². The predicted octanol–water partition coefficient (Wildman–Crippen LogP) is 4.09. The maximum Gasteiger partial charge on any atom is 0.255 e. The highest BCUT2D eigenvalue weighted by molar-refractivity contribution is 6.05. The Labute approximate surface area is 136 Å². The number of aromatic nitrogens is 2. The second-order valence-corrected chi connectivity index (χ2v) is 5.82. The first-order chi connectivity index (χ1) is 11.1. The smallest absolute Gasteiger partial charge is 0.255 e. The monoisotopic (exact) mass is 307 g/mol. The Bertz CT molecular complexity index is 847. The number of nitrogens with zero attached hydrogens (tertiary/aromatic N) is 2. The van der Waals surface area contributed by atoms with E-state index in [0.29, 0.717) is 5.56 Å². The van der Waals surface area contributed by atoms with Gasteiger partial charge in [-0.25, -0.2) is 4.98 Å². The molecule has 1 N–H and O–H groups in total. The van der Waals surface area contributed by atoms with Gasteiger partial charge in [0.15, 0.2) is 0 Å². The highest BCUT2D eigenvalue weighted by atomic mass is 16.1. The molecule has 0 atom stereocenters. The highest BCUT2D eigenvalue weighted by Crippen LogP contribution is 2.20. The van der Waals surface area contributed by atoms with Crippen LogP contribution in [0.3, 0.4) is 0 Å². The fraction of sp³-hybridized carbons (Fsp3) is 0.263. The number of fused-ring (bicyclic) bond motifs is 1. The van der Waals surface area contributed by atoms with Crippen LogP contribution in [0.2, 0.25) is 0 Å². The van der Waals surface area contributed by atoms with Crippen molar-refractivity contribution in [1.29, 1.82) is 0 Å². The van der Waals surface area contributed by atoms with Gasteiger partial charge < -0.3 is 9.88 Å². The first-order valence-electron chi connectivity index (χ1n) is 7.92. The van der Waals surface area contributed by atoms with E-state index in [0.717, 1.165) is 35.4 Å². The van der Waals surface area contributed by atoms with Crippen molar-refractivity contribution in [2.24, 2.45) is 7.05 Å². The van der Waals surface area contributed by atoms with Gasteiger partial charge in [-0.15, -0.1) is 0 Å². The molecule has 0 saturated heterocycles. The van der Waals surface area contributed by atoms with Gasteiger partial charge in [-0.2, -0.15) is 0 Å². The number of carbonyl (C=O) groups excluding carboxylic acids is 1. The van der Waals surface area contributed by atoms with Crippen LogP contribution in [0, 0.1) is 6.92 Å². The van der Waals surface area contributed by atoms with E-state index in [4.69, 9.17) is 0 Å². The van der Waals surface area contributed by atoms with Crippen molar-refractivity contribution in [3.63, 3.8) is 0 Å². The lowest BCUT2D eigenvalue weighted by atomic mass is 10.1. The van der Waals surface area contributed by atoms with Gasteiger partial charge in [-0.05, 0) is 49.2 Å². The number of hydrogen-bond donors (Lipinski definition) is 1. The molecule has 0 bridgehead atoms. The van der Waals surface area contributed by atoms with Gasteiger partial charge in [-0.3, -0.25) is 4.79 Å².